The zero-order chi connectivity index (χ0) is 17.5. The summed E-state index contributed by atoms with van der Waals surface area (Å²) in [6, 6.07) is 0. The average Bonchev–Trinajstić information content (AvgIpc) is 2.74. The van der Waals surface area contributed by atoms with E-state index in [0.29, 0.717) is 6.42 Å². The highest BCUT2D eigenvalue weighted by molar-refractivity contribution is 7.72. The second-order valence-corrected chi connectivity index (χ2v) is 11.1. The molecule has 0 spiro atoms. The lowest BCUT2D eigenvalue weighted by Gasteiger charge is -2.18. The molecule has 1 aromatic rings. The molecular weight excluding hydrogens is 321 g/mol. The van der Waals surface area contributed by atoms with Crippen LogP contribution in [0.25, 0.3) is 0 Å². The van der Waals surface area contributed by atoms with Gasteiger partial charge in [0.2, 0.25) is 12.6 Å². The highest BCUT2D eigenvalue weighted by Gasteiger charge is 2.46. The van der Waals surface area contributed by atoms with Gasteiger partial charge in [-0.1, -0.05) is 0 Å². The van der Waals surface area contributed by atoms with E-state index < -0.39 is 42.8 Å². The lowest BCUT2D eigenvalue weighted by Crippen LogP contribution is -2.58. The first-order valence-corrected chi connectivity index (χ1v) is 10.4. The summed E-state index contributed by atoms with van der Waals surface area (Å²) in [6.07, 6.45) is 2.87. The third kappa shape index (κ3) is 3.66. The van der Waals surface area contributed by atoms with Crippen LogP contribution >= 0.6 is 6.89 Å². The van der Waals surface area contributed by atoms with Crippen molar-refractivity contribution in [1.82, 2.24) is 9.13 Å². The number of rotatable bonds is 4. The van der Waals surface area contributed by atoms with E-state index in [1.54, 1.807) is 0 Å². The number of hydrogen-bond donors (Lipinski definition) is 2. The molecule has 1 saturated heterocycles. The Morgan fingerprint density at radius 3 is 2.52 bits per heavy atom. The van der Waals surface area contributed by atoms with Crippen LogP contribution in [0.15, 0.2) is 15.9 Å². The summed E-state index contributed by atoms with van der Waals surface area (Å²) < 4.78 is 9.02. The van der Waals surface area contributed by atoms with Crippen LogP contribution < -0.4 is 15.9 Å². The fraction of sp³-hybridized carbons (Fsp3) is 0.714. The Morgan fingerprint density at radius 1 is 1.35 bits per heavy atom. The molecule has 1 aliphatic heterocycles. The van der Waals surface area contributed by atoms with Crippen LogP contribution in [0.3, 0.4) is 0 Å². The maximum atomic E-state index is 12.2. The summed E-state index contributed by atoms with van der Waals surface area (Å²) in [4.78, 5) is 24.0. The van der Waals surface area contributed by atoms with Gasteiger partial charge in [0.05, 0.1) is 20.2 Å². The van der Waals surface area contributed by atoms with Crippen LogP contribution in [0, 0.1) is 0 Å². The van der Waals surface area contributed by atoms with Crippen LogP contribution in [0.4, 0.5) is 0 Å². The Morgan fingerprint density at radius 2 is 1.96 bits per heavy atom. The zero-order valence-electron chi connectivity index (χ0n) is 13.9. The SMILES string of the molecule is C=P(C)(C)CC[C@H]1OC(n2c[n+](C)c(=O)n(C)c2=O)[C@H](O)[C@@H]1O. The molecule has 130 valence electrons. The van der Waals surface area contributed by atoms with E-state index in [4.69, 9.17) is 4.74 Å². The molecule has 8 nitrogen and oxygen atoms in total. The molecular formula is C14H25N3O5P+. The van der Waals surface area contributed by atoms with E-state index in [9.17, 15) is 19.8 Å². The van der Waals surface area contributed by atoms with Crippen molar-refractivity contribution in [2.45, 2.75) is 31.0 Å². The molecule has 1 aromatic heterocycles. The van der Waals surface area contributed by atoms with Crippen molar-refractivity contribution in [3.63, 3.8) is 0 Å². The van der Waals surface area contributed by atoms with E-state index in [-0.39, 0.29) is 0 Å². The van der Waals surface area contributed by atoms with Crippen molar-refractivity contribution in [1.29, 1.82) is 0 Å². The van der Waals surface area contributed by atoms with Crippen molar-refractivity contribution in [3.8, 4) is 0 Å². The lowest BCUT2D eigenvalue weighted by atomic mass is 10.1. The highest BCUT2D eigenvalue weighted by atomic mass is 31.2. The van der Waals surface area contributed by atoms with Crippen LogP contribution in [0.2, 0.25) is 0 Å². The fourth-order valence-corrected chi connectivity index (χ4v) is 3.58. The van der Waals surface area contributed by atoms with Crippen LogP contribution in [-0.4, -0.2) is 63.5 Å². The van der Waals surface area contributed by atoms with E-state index in [0.717, 1.165) is 15.3 Å². The monoisotopic (exact) mass is 346 g/mol. The molecule has 23 heavy (non-hydrogen) atoms. The first-order valence-electron chi connectivity index (χ1n) is 7.39. The van der Waals surface area contributed by atoms with Gasteiger partial charge in [-0.05, 0) is 25.9 Å². The minimum Gasteiger partial charge on any atom is -0.387 e. The molecule has 0 aliphatic carbocycles. The number of aliphatic hydroxyl groups excluding tert-OH is 2. The Hall–Kier alpha value is -1.21. The van der Waals surface area contributed by atoms with Gasteiger partial charge in [0.1, 0.15) is 12.2 Å². The summed E-state index contributed by atoms with van der Waals surface area (Å²) in [6.45, 7) is 2.89. The number of hydrogen-bond acceptors (Lipinski definition) is 5. The van der Waals surface area contributed by atoms with Crippen molar-refractivity contribution < 1.29 is 19.5 Å². The van der Waals surface area contributed by atoms with Crippen LogP contribution in [-0.2, 0) is 18.8 Å². The molecule has 0 saturated carbocycles. The topological polar surface area (TPSA) is 97.6 Å². The predicted octanol–water partition coefficient (Wildman–Crippen LogP) is -1.91. The Bertz CT molecular complexity index is 750. The van der Waals surface area contributed by atoms with Crippen LogP contribution in [0.1, 0.15) is 12.6 Å². The van der Waals surface area contributed by atoms with Crippen molar-refractivity contribution in [2.75, 3.05) is 19.5 Å². The van der Waals surface area contributed by atoms with Gasteiger partial charge >= 0.3 is 11.4 Å². The Balaban J connectivity index is 2.30. The number of aliphatic hydroxyl groups is 2. The predicted molar refractivity (Wildman–Crippen MR) is 88.4 cm³/mol. The molecule has 9 heteroatoms. The van der Waals surface area contributed by atoms with Gasteiger partial charge in [-0.25, -0.2) is 14.2 Å². The van der Waals surface area contributed by atoms with Gasteiger partial charge in [0.15, 0.2) is 0 Å². The third-order valence-corrected chi connectivity index (χ3v) is 5.49. The number of ether oxygens (including phenoxy) is 1. The molecule has 0 aromatic carbocycles. The van der Waals surface area contributed by atoms with Gasteiger partial charge in [-0.15, -0.1) is 13.2 Å². The fourth-order valence-electron chi connectivity index (χ4n) is 2.63. The first kappa shape index (κ1) is 18.1. The summed E-state index contributed by atoms with van der Waals surface area (Å²) >= 11 is 0. The lowest BCUT2D eigenvalue weighted by molar-refractivity contribution is -0.696. The molecule has 0 amide bonds. The Kier molecular flexibility index (Phi) is 5.01. The van der Waals surface area contributed by atoms with E-state index >= 15 is 0 Å². The van der Waals surface area contributed by atoms with Gasteiger partial charge in [0, 0.05) is 0 Å². The number of aromatic nitrogens is 3. The van der Waals surface area contributed by atoms with Crippen molar-refractivity contribution in [3.05, 3.63) is 27.3 Å². The normalized spacial score (nSPS) is 28.3. The zero-order valence-corrected chi connectivity index (χ0v) is 14.8. The molecule has 2 rings (SSSR count). The third-order valence-electron chi connectivity index (χ3n) is 4.02. The summed E-state index contributed by atoms with van der Waals surface area (Å²) in [5.74, 6) is 0. The van der Waals surface area contributed by atoms with Crippen molar-refractivity contribution >= 4 is 13.2 Å². The second-order valence-electron chi connectivity index (χ2n) is 6.75. The van der Waals surface area contributed by atoms with E-state index in [2.05, 4.69) is 19.6 Å². The molecule has 0 bridgehead atoms. The summed E-state index contributed by atoms with van der Waals surface area (Å²) in [5, 5.41) is 20.4. The first-order chi connectivity index (χ1) is 10.5. The summed E-state index contributed by atoms with van der Waals surface area (Å²) in [7, 11) is 2.86. The molecule has 1 aliphatic rings. The Labute approximate surface area is 134 Å². The molecule has 4 atom stereocenters. The van der Waals surface area contributed by atoms with Crippen molar-refractivity contribution in [2.24, 2.45) is 14.1 Å². The van der Waals surface area contributed by atoms with Gasteiger partial charge in [-0.3, -0.25) is 0 Å². The van der Waals surface area contributed by atoms with Gasteiger partial charge in [-0.2, -0.15) is 9.13 Å². The maximum Gasteiger partial charge on any atom is 0.450 e. The molecule has 1 fully saturated rings. The minimum atomic E-state index is -1.28. The van der Waals surface area contributed by atoms with E-state index in [1.165, 1.54) is 25.0 Å². The smallest absolute Gasteiger partial charge is 0.387 e. The number of aryl methyl sites for hydroxylation is 1. The molecule has 2 heterocycles. The summed E-state index contributed by atoms with van der Waals surface area (Å²) in [5.41, 5.74) is -1.07. The molecule has 2 N–H and O–H groups in total. The maximum absolute atomic E-state index is 12.2. The quantitative estimate of drug-likeness (QED) is 0.490. The second kappa shape index (κ2) is 6.36. The van der Waals surface area contributed by atoms with Gasteiger partial charge in [0.25, 0.3) is 0 Å². The standard InChI is InChI=1S/C14H25N3O5P/c1-15-8-17(14(21)16(2)13(15)20)12-11(19)10(18)9(22-12)6-7-23(3,4)5/h8-12,18-19H,3,6-7H2,1-2,4-5H3/q+1/t9-,10-,11-,12?/m1/s1. The minimum absolute atomic E-state index is 0.473. The van der Waals surface area contributed by atoms with Gasteiger partial charge < -0.3 is 14.9 Å². The molecule has 1 unspecified atom stereocenters. The highest BCUT2D eigenvalue weighted by Crippen LogP contribution is 2.39. The number of nitrogens with zero attached hydrogens (tertiary/aromatic N) is 3. The largest absolute Gasteiger partial charge is 0.450 e. The van der Waals surface area contributed by atoms with Crippen LogP contribution in [0.5, 0.6) is 0 Å². The van der Waals surface area contributed by atoms with E-state index in [1.807, 2.05) is 0 Å². The average molecular weight is 346 g/mol. The molecule has 0 radical (unpaired) electrons.